The Balaban J connectivity index is 3.60. The molecule has 3 nitrogen and oxygen atoms in total. The first kappa shape index (κ1) is 12.3. The lowest BCUT2D eigenvalue weighted by Gasteiger charge is -2.15. The molecule has 0 atom stereocenters. The number of carboxylic acid groups (broad SMARTS) is 1. The zero-order valence-corrected chi connectivity index (χ0v) is 9.83. The maximum atomic E-state index is 11.1. The molecule has 86 valence electrons. The number of ether oxygens (including phenoxy) is 1. The van der Waals surface area contributed by atoms with Crippen molar-refractivity contribution in [2.24, 2.45) is 0 Å². The topological polar surface area (TPSA) is 46.5 Å². The maximum absolute atomic E-state index is 11.1. The van der Waals surface area contributed by atoms with Crippen LogP contribution < -0.4 is 4.74 Å². The fraction of sp³-hybridized carbons (Fsp3) is 0.308. The van der Waals surface area contributed by atoms with Gasteiger partial charge in [-0.05, 0) is 30.5 Å². The van der Waals surface area contributed by atoms with Crippen LogP contribution in [0.1, 0.15) is 34.0 Å². The monoisotopic (exact) mass is 220 g/mol. The molecule has 0 amide bonds. The van der Waals surface area contributed by atoms with E-state index in [-0.39, 0.29) is 0 Å². The summed E-state index contributed by atoms with van der Waals surface area (Å²) in [5.41, 5.74) is 2.73. The Labute approximate surface area is 95.4 Å². The van der Waals surface area contributed by atoms with E-state index in [0.717, 1.165) is 28.9 Å². The first-order chi connectivity index (χ1) is 7.56. The third-order valence-corrected chi connectivity index (χ3v) is 2.70. The molecule has 1 aromatic carbocycles. The summed E-state index contributed by atoms with van der Waals surface area (Å²) in [6, 6.07) is 1.60. The van der Waals surface area contributed by atoms with E-state index in [1.54, 1.807) is 26.2 Å². The Morgan fingerprint density at radius 2 is 2.25 bits per heavy atom. The largest absolute Gasteiger partial charge is 0.496 e. The van der Waals surface area contributed by atoms with Gasteiger partial charge >= 0.3 is 5.97 Å². The fourth-order valence-electron chi connectivity index (χ4n) is 1.88. The normalized spacial score (nSPS) is 9.94. The molecule has 0 heterocycles. The smallest absolute Gasteiger partial charge is 0.335 e. The van der Waals surface area contributed by atoms with Crippen LogP contribution in [-0.2, 0) is 6.42 Å². The summed E-state index contributed by atoms with van der Waals surface area (Å²) in [6.07, 6.45) is 2.35. The predicted octanol–water partition coefficient (Wildman–Crippen LogP) is 2.91. The molecule has 0 bridgehead atoms. The van der Waals surface area contributed by atoms with E-state index in [1.807, 2.05) is 6.92 Å². The minimum Gasteiger partial charge on any atom is -0.496 e. The molecule has 0 radical (unpaired) electrons. The van der Waals surface area contributed by atoms with Gasteiger partial charge < -0.3 is 9.84 Å². The molecule has 0 spiro atoms. The lowest BCUT2D eigenvalue weighted by Crippen LogP contribution is -2.06. The van der Waals surface area contributed by atoms with Crippen LogP contribution in [0.25, 0.3) is 6.08 Å². The highest BCUT2D eigenvalue weighted by molar-refractivity contribution is 5.91. The number of benzene rings is 1. The van der Waals surface area contributed by atoms with E-state index in [0.29, 0.717) is 5.56 Å². The van der Waals surface area contributed by atoms with Gasteiger partial charge in [-0.2, -0.15) is 0 Å². The summed E-state index contributed by atoms with van der Waals surface area (Å²) in [5, 5.41) is 9.09. The number of hydrogen-bond donors (Lipinski definition) is 1. The van der Waals surface area contributed by atoms with Crippen molar-refractivity contribution in [2.45, 2.75) is 20.3 Å². The lowest BCUT2D eigenvalue weighted by molar-refractivity contribution is 0.0696. The van der Waals surface area contributed by atoms with Crippen molar-refractivity contribution in [1.29, 1.82) is 0 Å². The molecule has 1 N–H and O–H groups in total. The van der Waals surface area contributed by atoms with Gasteiger partial charge in [0, 0.05) is 5.56 Å². The highest BCUT2D eigenvalue weighted by atomic mass is 16.5. The lowest BCUT2D eigenvalue weighted by atomic mass is 9.95. The second-order valence-corrected chi connectivity index (χ2v) is 3.51. The Morgan fingerprint density at radius 1 is 1.62 bits per heavy atom. The van der Waals surface area contributed by atoms with Crippen molar-refractivity contribution in [1.82, 2.24) is 0 Å². The van der Waals surface area contributed by atoms with E-state index in [9.17, 15) is 4.79 Å². The van der Waals surface area contributed by atoms with Crippen LogP contribution in [-0.4, -0.2) is 18.2 Å². The van der Waals surface area contributed by atoms with Crippen LogP contribution in [0, 0.1) is 6.92 Å². The van der Waals surface area contributed by atoms with Crippen LogP contribution in [0.15, 0.2) is 12.6 Å². The third-order valence-electron chi connectivity index (χ3n) is 2.70. The average molecular weight is 220 g/mol. The SMILES string of the molecule is C=Cc1cc(C(=O)O)c(C)c(CC)c1OC. The number of carboxylic acids is 1. The molecule has 0 aromatic heterocycles. The first-order valence-electron chi connectivity index (χ1n) is 5.13. The van der Waals surface area contributed by atoms with Gasteiger partial charge in [0.05, 0.1) is 12.7 Å². The average Bonchev–Trinajstić information content (AvgIpc) is 2.27. The van der Waals surface area contributed by atoms with Crippen LogP contribution in [0.4, 0.5) is 0 Å². The van der Waals surface area contributed by atoms with Gasteiger partial charge in [0.1, 0.15) is 5.75 Å². The van der Waals surface area contributed by atoms with E-state index in [2.05, 4.69) is 6.58 Å². The van der Waals surface area contributed by atoms with Gasteiger partial charge in [0.2, 0.25) is 0 Å². The van der Waals surface area contributed by atoms with Crippen LogP contribution in [0.5, 0.6) is 5.75 Å². The Hall–Kier alpha value is -1.77. The molecule has 16 heavy (non-hydrogen) atoms. The maximum Gasteiger partial charge on any atom is 0.335 e. The molecule has 0 unspecified atom stereocenters. The van der Waals surface area contributed by atoms with Gasteiger partial charge in [0.15, 0.2) is 0 Å². The van der Waals surface area contributed by atoms with E-state index in [1.165, 1.54) is 0 Å². The van der Waals surface area contributed by atoms with Crippen LogP contribution in [0.3, 0.4) is 0 Å². The van der Waals surface area contributed by atoms with E-state index < -0.39 is 5.97 Å². The van der Waals surface area contributed by atoms with Crippen LogP contribution in [0.2, 0.25) is 0 Å². The highest BCUT2D eigenvalue weighted by Gasteiger charge is 2.17. The molecule has 0 saturated heterocycles. The number of carbonyl (C=O) groups is 1. The Kier molecular flexibility index (Phi) is 3.72. The molecule has 0 fully saturated rings. The Morgan fingerprint density at radius 3 is 2.62 bits per heavy atom. The molecule has 0 aliphatic rings. The van der Waals surface area contributed by atoms with Crippen LogP contribution >= 0.6 is 0 Å². The molecular weight excluding hydrogens is 204 g/mol. The zero-order chi connectivity index (χ0) is 12.3. The molecule has 0 aliphatic heterocycles. The second-order valence-electron chi connectivity index (χ2n) is 3.51. The standard InChI is InChI=1S/C13H16O3/c1-5-9-7-11(13(14)15)8(3)10(6-2)12(9)16-4/h5,7H,1,6H2,2-4H3,(H,14,15). The molecule has 1 rings (SSSR count). The molecule has 3 heteroatoms. The molecule has 1 aromatic rings. The first-order valence-corrected chi connectivity index (χ1v) is 5.13. The molecular formula is C13H16O3. The minimum atomic E-state index is -0.919. The van der Waals surface area contributed by atoms with E-state index >= 15 is 0 Å². The summed E-state index contributed by atoms with van der Waals surface area (Å²) in [7, 11) is 1.58. The minimum absolute atomic E-state index is 0.313. The fourth-order valence-corrected chi connectivity index (χ4v) is 1.88. The second kappa shape index (κ2) is 4.84. The summed E-state index contributed by atoms with van der Waals surface area (Å²) in [5.74, 6) is -0.196. The molecule has 0 saturated carbocycles. The van der Waals surface area contributed by atoms with Crippen molar-refractivity contribution in [3.63, 3.8) is 0 Å². The van der Waals surface area contributed by atoms with Gasteiger partial charge in [-0.15, -0.1) is 0 Å². The number of methoxy groups -OCH3 is 1. The van der Waals surface area contributed by atoms with Gasteiger partial charge in [-0.25, -0.2) is 4.79 Å². The van der Waals surface area contributed by atoms with Gasteiger partial charge in [0.25, 0.3) is 0 Å². The highest BCUT2D eigenvalue weighted by Crippen LogP contribution is 2.31. The Bertz CT molecular complexity index is 433. The number of rotatable bonds is 4. The zero-order valence-electron chi connectivity index (χ0n) is 9.83. The third kappa shape index (κ3) is 1.94. The van der Waals surface area contributed by atoms with E-state index in [4.69, 9.17) is 9.84 Å². The summed E-state index contributed by atoms with van der Waals surface area (Å²) < 4.78 is 5.31. The quantitative estimate of drug-likeness (QED) is 0.848. The number of hydrogen-bond acceptors (Lipinski definition) is 2. The summed E-state index contributed by atoms with van der Waals surface area (Å²) in [4.78, 5) is 11.1. The van der Waals surface area contributed by atoms with Gasteiger partial charge in [-0.1, -0.05) is 19.6 Å². The van der Waals surface area contributed by atoms with Crippen molar-refractivity contribution in [2.75, 3.05) is 7.11 Å². The van der Waals surface area contributed by atoms with Crippen molar-refractivity contribution in [3.8, 4) is 5.75 Å². The van der Waals surface area contributed by atoms with Crippen molar-refractivity contribution in [3.05, 3.63) is 34.9 Å². The van der Waals surface area contributed by atoms with Gasteiger partial charge in [-0.3, -0.25) is 0 Å². The molecule has 0 aliphatic carbocycles. The predicted molar refractivity (Wildman–Crippen MR) is 64.2 cm³/mol. The summed E-state index contributed by atoms with van der Waals surface area (Å²) >= 11 is 0. The number of aromatic carboxylic acids is 1. The van der Waals surface area contributed by atoms with Crippen molar-refractivity contribution >= 4 is 12.0 Å². The van der Waals surface area contributed by atoms with Crippen molar-refractivity contribution < 1.29 is 14.6 Å². The summed E-state index contributed by atoms with van der Waals surface area (Å²) in [6.45, 7) is 7.45.